The lowest BCUT2D eigenvalue weighted by molar-refractivity contribution is -0.124. The van der Waals surface area contributed by atoms with E-state index in [0.29, 0.717) is 19.5 Å². The van der Waals surface area contributed by atoms with E-state index in [2.05, 4.69) is 4.98 Å². The van der Waals surface area contributed by atoms with Crippen LogP contribution in [0.15, 0.2) is 53.5 Å². The van der Waals surface area contributed by atoms with Crippen LogP contribution >= 0.6 is 0 Å². The highest BCUT2D eigenvalue weighted by atomic mass is 16.2. The van der Waals surface area contributed by atoms with Gasteiger partial charge in [0, 0.05) is 31.6 Å². The standard InChI is InChI=1S/C20H22N2O3/c23-18(11-10-15-6-2-1-3-7-15)16-8-5-13-22(14-16)20(25)17-9-4-12-21-19(17)24/h1-4,6-7,9,12,16H,5,8,10-11,13-14H2,(H,21,24)/t16-/m1/s1. The monoisotopic (exact) mass is 338 g/mol. The fourth-order valence-electron chi connectivity index (χ4n) is 3.30. The minimum atomic E-state index is -0.384. The number of nitrogens with one attached hydrogen (secondary N) is 1. The second kappa shape index (κ2) is 7.92. The fourth-order valence-corrected chi connectivity index (χ4v) is 3.30. The molecule has 0 aliphatic carbocycles. The molecule has 5 nitrogen and oxygen atoms in total. The Kier molecular flexibility index (Phi) is 5.43. The number of likely N-dealkylation sites (tertiary alicyclic amines) is 1. The molecule has 1 N–H and O–H groups in total. The van der Waals surface area contributed by atoms with Crippen LogP contribution in [0.25, 0.3) is 0 Å². The molecule has 1 saturated heterocycles. The van der Waals surface area contributed by atoms with Crippen molar-refractivity contribution in [1.82, 2.24) is 9.88 Å². The van der Waals surface area contributed by atoms with E-state index in [-0.39, 0.29) is 28.7 Å². The van der Waals surface area contributed by atoms with Crippen LogP contribution in [0.3, 0.4) is 0 Å². The van der Waals surface area contributed by atoms with Crippen molar-refractivity contribution in [2.24, 2.45) is 5.92 Å². The molecule has 2 aromatic rings. The number of piperidine rings is 1. The van der Waals surface area contributed by atoms with Crippen LogP contribution in [0, 0.1) is 5.92 Å². The van der Waals surface area contributed by atoms with Gasteiger partial charge in [-0.05, 0) is 37.0 Å². The van der Waals surface area contributed by atoms with Gasteiger partial charge in [-0.25, -0.2) is 0 Å². The Morgan fingerprint density at radius 3 is 2.68 bits per heavy atom. The molecule has 0 spiro atoms. The van der Waals surface area contributed by atoms with Crippen LogP contribution in [0.4, 0.5) is 0 Å². The molecule has 0 bridgehead atoms. The Hall–Kier alpha value is -2.69. The lowest BCUT2D eigenvalue weighted by atomic mass is 9.90. The molecule has 1 aromatic carbocycles. The van der Waals surface area contributed by atoms with Gasteiger partial charge in [-0.15, -0.1) is 0 Å². The minimum Gasteiger partial charge on any atom is -0.338 e. The number of amides is 1. The van der Waals surface area contributed by atoms with E-state index < -0.39 is 0 Å². The van der Waals surface area contributed by atoms with E-state index in [1.165, 1.54) is 12.3 Å². The number of ketones is 1. The van der Waals surface area contributed by atoms with Crippen LogP contribution in [0.5, 0.6) is 0 Å². The Balaban J connectivity index is 1.61. The molecule has 130 valence electrons. The Morgan fingerprint density at radius 1 is 1.12 bits per heavy atom. The molecule has 0 unspecified atom stereocenters. The van der Waals surface area contributed by atoms with Crippen molar-refractivity contribution >= 4 is 11.7 Å². The Morgan fingerprint density at radius 2 is 1.92 bits per heavy atom. The summed E-state index contributed by atoms with van der Waals surface area (Å²) in [6, 6.07) is 13.1. The van der Waals surface area contributed by atoms with E-state index in [1.807, 2.05) is 30.3 Å². The van der Waals surface area contributed by atoms with Gasteiger partial charge in [0.25, 0.3) is 11.5 Å². The van der Waals surface area contributed by atoms with Gasteiger partial charge in [0.1, 0.15) is 11.3 Å². The number of carbonyl (C=O) groups excluding carboxylic acids is 2. The summed E-state index contributed by atoms with van der Waals surface area (Å²) in [6.07, 6.45) is 4.32. The first-order valence-electron chi connectivity index (χ1n) is 8.69. The van der Waals surface area contributed by atoms with Crippen molar-refractivity contribution in [3.8, 4) is 0 Å². The average molecular weight is 338 g/mol. The Bertz CT molecular complexity index is 798. The number of pyridine rings is 1. The number of H-pyrrole nitrogens is 1. The summed E-state index contributed by atoms with van der Waals surface area (Å²) in [7, 11) is 0. The fraction of sp³-hybridized carbons (Fsp3) is 0.350. The number of aromatic nitrogens is 1. The van der Waals surface area contributed by atoms with Crippen LogP contribution in [0.2, 0.25) is 0 Å². The lowest BCUT2D eigenvalue weighted by Crippen LogP contribution is -2.43. The maximum absolute atomic E-state index is 12.6. The zero-order valence-corrected chi connectivity index (χ0v) is 14.1. The van der Waals surface area contributed by atoms with Crippen LogP contribution < -0.4 is 5.56 Å². The highest BCUT2D eigenvalue weighted by molar-refractivity contribution is 5.94. The molecular weight excluding hydrogens is 316 g/mol. The number of carbonyl (C=O) groups is 2. The van der Waals surface area contributed by atoms with Gasteiger partial charge in [0.15, 0.2) is 0 Å². The molecule has 5 heteroatoms. The highest BCUT2D eigenvalue weighted by Gasteiger charge is 2.29. The molecule has 25 heavy (non-hydrogen) atoms. The zero-order valence-electron chi connectivity index (χ0n) is 14.1. The molecule has 1 fully saturated rings. The Labute approximate surface area is 146 Å². The van der Waals surface area contributed by atoms with Crippen molar-refractivity contribution in [2.75, 3.05) is 13.1 Å². The van der Waals surface area contributed by atoms with Crippen molar-refractivity contribution in [3.63, 3.8) is 0 Å². The van der Waals surface area contributed by atoms with Crippen molar-refractivity contribution in [3.05, 3.63) is 70.1 Å². The summed E-state index contributed by atoms with van der Waals surface area (Å²) < 4.78 is 0. The molecule has 0 saturated carbocycles. The number of hydrogen-bond acceptors (Lipinski definition) is 3. The molecule has 3 rings (SSSR count). The van der Waals surface area contributed by atoms with Gasteiger partial charge in [0.05, 0.1) is 0 Å². The summed E-state index contributed by atoms with van der Waals surface area (Å²) in [5, 5.41) is 0. The summed E-state index contributed by atoms with van der Waals surface area (Å²) in [5.74, 6) is -0.227. The van der Waals surface area contributed by atoms with Gasteiger partial charge >= 0.3 is 0 Å². The predicted molar refractivity (Wildman–Crippen MR) is 95.5 cm³/mol. The number of nitrogens with zero attached hydrogens (tertiary/aromatic N) is 1. The number of aromatic amines is 1. The summed E-state index contributed by atoms with van der Waals surface area (Å²) >= 11 is 0. The zero-order chi connectivity index (χ0) is 17.6. The number of benzene rings is 1. The topological polar surface area (TPSA) is 70.2 Å². The van der Waals surface area contributed by atoms with E-state index in [9.17, 15) is 14.4 Å². The third kappa shape index (κ3) is 4.24. The van der Waals surface area contributed by atoms with Gasteiger partial charge in [0.2, 0.25) is 0 Å². The predicted octanol–water partition coefficient (Wildman–Crippen LogP) is 2.43. The summed E-state index contributed by atoms with van der Waals surface area (Å²) in [5.41, 5.74) is 0.903. The van der Waals surface area contributed by atoms with Gasteiger partial charge in [-0.2, -0.15) is 0 Å². The maximum Gasteiger partial charge on any atom is 0.260 e. The molecule has 1 aliphatic heterocycles. The van der Waals surface area contributed by atoms with Crippen LogP contribution in [0.1, 0.15) is 35.2 Å². The summed E-state index contributed by atoms with van der Waals surface area (Å²) in [4.78, 5) is 41.1. The average Bonchev–Trinajstić information content (AvgIpc) is 2.67. The quantitative estimate of drug-likeness (QED) is 0.910. The van der Waals surface area contributed by atoms with Crippen LogP contribution in [-0.2, 0) is 11.2 Å². The molecule has 1 aromatic heterocycles. The third-order valence-corrected chi connectivity index (χ3v) is 4.72. The smallest absolute Gasteiger partial charge is 0.260 e. The molecule has 1 atom stereocenters. The molecule has 1 aliphatic rings. The van der Waals surface area contributed by atoms with Crippen molar-refractivity contribution in [2.45, 2.75) is 25.7 Å². The van der Waals surface area contributed by atoms with Crippen molar-refractivity contribution in [1.29, 1.82) is 0 Å². The van der Waals surface area contributed by atoms with Gasteiger partial charge < -0.3 is 9.88 Å². The largest absolute Gasteiger partial charge is 0.338 e. The van der Waals surface area contributed by atoms with Gasteiger partial charge in [-0.3, -0.25) is 14.4 Å². The first kappa shape index (κ1) is 17.1. The van der Waals surface area contributed by atoms with Crippen molar-refractivity contribution < 1.29 is 9.59 Å². The molecule has 1 amide bonds. The summed E-state index contributed by atoms with van der Waals surface area (Å²) in [6.45, 7) is 0.996. The third-order valence-electron chi connectivity index (χ3n) is 4.72. The SMILES string of the molecule is O=C(CCc1ccccc1)[C@@H]1CCCN(C(=O)c2ccc[nH]c2=O)C1. The number of Topliss-reactive ketones (excluding diaryl/α,β-unsaturated/α-hetero) is 1. The van der Waals surface area contributed by atoms with E-state index >= 15 is 0 Å². The lowest BCUT2D eigenvalue weighted by Gasteiger charge is -2.32. The normalized spacial score (nSPS) is 17.3. The first-order chi connectivity index (χ1) is 12.1. The second-order valence-electron chi connectivity index (χ2n) is 6.46. The second-order valence-corrected chi connectivity index (χ2v) is 6.46. The van der Waals surface area contributed by atoms with E-state index in [1.54, 1.807) is 11.0 Å². The minimum absolute atomic E-state index is 0.135. The number of hydrogen-bond donors (Lipinski definition) is 1. The highest BCUT2D eigenvalue weighted by Crippen LogP contribution is 2.20. The maximum atomic E-state index is 12.6. The van der Waals surface area contributed by atoms with Gasteiger partial charge in [-0.1, -0.05) is 30.3 Å². The molecule has 0 radical (unpaired) electrons. The first-order valence-corrected chi connectivity index (χ1v) is 8.69. The van der Waals surface area contributed by atoms with E-state index in [0.717, 1.165) is 24.8 Å². The molecule has 2 heterocycles. The number of aryl methyl sites for hydroxylation is 1. The van der Waals surface area contributed by atoms with E-state index in [4.69, 9.17) is 0 Å². The van der Waals surface area contributed by atoms with Crippen LogP contribution in [-0.4, -0.2) is 34.7 Å². The number of rotatable bonds is 5. The molecular formula is C20H22N2O3.